The number of aryl methyl sites for hydroxylation is 1. The van der Waals surface area contributed by atoms with Crippen LogP contribution in [0.15, 0.2) is 12.1 Å². The minimum absolute atomic E-state index is 0.0699. The molecule has 1 aromatic rings. The van der Waals surface area contributed by atoms with Gasteiger partial charge >= 0.3 is 5.97 Å². The van der Waals surface area contributed by atoms with Crippen molar-refractivity contribution in [3.63, 3.8) is 0 Å². The van der Waals surface area contributed by atoms with Gasteiger partial charge in [-0.05, 0) is 45.7 Å². The Hall–Kier alpha value is -2.09. The number of carboxylic acids is 1. The molecule has 0 spiro atoms. The van der Waals surface area contributed by atoms with E-state index in [1.54, 1.807) is 19.1 Å². The molecule has 1 aromatic heterocycles. The zero-order valence-corrected chi connectivity index (χ0v) is 11.4. The van der Waals surface area contributed by atoms with Crippen molar-refractivity contribution in [2.45, 2.75) is 33.6 Å². The van der Waals surface area contributed by atoms with Gasteiger partial charge in [-0.2, -0.15) is 5.26 Å². The summed E-state index contributed by atoms with van der Waals surface area (Å²) >= 11 is 0. The lowest BCUT2D eigenvalue weighted by atomic mass is 9.90. The smallest absolute Gasteiger partial charge is 0.358 e. The second-order valence-electron chi connectivity index (χ2n) is 5.05. The van der Waals surface area contributed by atoms with Crippen molar-refractivity contribution in [3.8, 4) is 11.8 Å². The summed E-state index contributed by atoms with van der Waals surface area (Å²) in [7, 11) is 0. The molecule has 0 saturated carbocycles. The molecule has 0 aliphatic rings. The van der Waals surface area contributed by atoms with Gasteiger partial charge in [-0.1, -0.05) is 0 Å². The van der Waals surface area contributed by atoms with Crippen LogP contribution in [0.5, 0.6) is 5.75 Å². The van der Waals surface area contributed by atoms with E-state index in [9.17, 15) is 4.79 Å². The third kappa shape index (κ3) is 4.59. The summed E-state index contributed by atoms with van der Waals surface area (Å²) < 4.78 is 5.44. The van der Waals surface area contributed by atoms with Gasteiger partial charge in [0.1, 0.15) is 0 Å². The Morgan fingerprint density at radius 3 is 2.79 bits per heavy atom. The van der Waals surface area contributed by atoms with E-state index in [4.69, 9.17) is 15.1 Å². The molecule has 0 aromatic carbocycles. The highest BCUT2D eigenvalue weighted by molar-refractivity contribution is 5.88. The number of aromatic nitrogens is 1. The van der Waals surface area contributed by atoms with E-state index in [1.165, 1.54) is 0 Å². The molecular formula is C14H18N2O3. The molecule has 1 N–H and O–H groups in total. The van der Waals surface area contributed by atoms with Crippen molar-refractivity contribution in [1.29, 1.82) is 5.26 Å². The van der Waals surface area contributed by atoms with Crippen LogP contribution in [0.3, 0.4) is 0 Å². The predicted octanol–water partition coefficient (Wildman–Crippen LogP) is 2.80. The molecule has 19 heavy (non-hydrogen) atoms. The van der Waals surface area contributed by atoms with Crippen LogP contribution in [-0.4, -0.2) is 22.7 Å². The fraction of sp³-hybridized carbons (Fsp3) is 0.500. The Bertz CT molecular complexity index is 504. The standard InChI is InChI=1S/C14H18N2O3/c1-10-5-6-11(12(16-10)13(17)18)19-8-4-7-14(2,3)9-15/h5-6H,4,7-8H2,1-3H3,(H,17,18). The van der Waals surface area contributed by atoms with Crippen LogP contribution in [0, 0.1) is 23.7 Å². The Labute approximate surface area is 112 Å². The number of hydrogen-bond acceptors (Lipinski definition) is 4. The van der Waals surface area contributed by atoms with Crippen LogP contribution in [0.4, 0.5) is 0 Å². The molecule has 0 unspecified atom stereocenters. The number of carboxylic acid groups (broad SMARTS) is 1. The minimum Gasteiger partial charge on any atom is -0.491 e. The van der Waals surface area contributed by atoms with Gasteiger partial charge in [-0.3, -0.25) is 0 Å². The number of nitrogens with zero attached hydrogens (tertiary/aromatic N) is 2. The normalized spacial score (nSPS) is 10.8. The molecule has 0 fully saturated rings. The maximum atomic E-state index is 11.0. The van der Waals surface area contributed by atoms with Crippen LogP contribution in [0.1, 0.15) is 42.9 Å². The summed E-state index contributed by atoms with van der Waals surface area (Å²) in [5.41, 5.74) is 0.180. The molecule has 0 atom stereocenters. The fourth-order valence-electron chi connectivity index (χ4n) is 1.57. The molecule has 0 aliphatic heterocycles. The second-order valence-corrected chi connectivity index (χ2v) is 5.05. The maximum absolute atomic E-state index is 11.0. The molecule has 5 nitrogen and oxygen atoms in total. The lowest BCUT2D eigenvalue weighted by molar-refractivity contribution is 0.0684. The first-order chi connectivity index (χ1) is 8.85. The Kier molecular flexibility index (Phi) is 4.87. The Morgan fingerprint density at radius 2 is 2.21 bits per heavy atom. The van der Waals surface area contributed by atoms with Gasteiger partial charge in [-0.15, -0.1) is 0 Å². The number of ether oxygens (including phenoxy) is 1. The van der Waals surface area contributed by atoms with Crippen LogP contribution in [-0.2, 0) is 0 Å². The first kappa shape index (κ1) is 15.0. The molecule has 1 rings (SSSR count). The van der Waals surface area contributed by atoms with Gasteiger partial charge in [-0.25, -0.2) is 9.78 Å². The summed E-state index contributed by atoms with van der Waals surface area (Å²) in [4.78, 5) is 15.0. The van der Waals surface area contributed by atoms with Gasteiger partial charge in [0.15, 0.2) is 11.4 Å². The van der Waals surface area contributed by atoms with Crippen LogP contribution in [0.25, 0.3) is 0 Å². The van der Waals surface area contributed by atoms with E-state index in [1.807, 2.05) is 13.8 Å². The van der Waals surface area contributed by atoms with E-state index in [0.29, 0.717) is 25.1 Å². The Morgan fingerprint density at radius 1 is 1.53 bits per heavy atom. The molecule has 0 radical (unpaired) electrons. The highest BCUT2D eigenvalue weighted by Crippen LogP contribution is 2.22. The number of carbonyl (C=O) groups is 1. The lowest BCUT2D eigenvalue weighted by Crippen LogP contribution is -2.11. The van der Waals surface area contributed by atoms with E-state index in [-0.39, 0.29) is 16.9 Å². The van der Waals surface area contributed by atoms with Gasteiger partial charge in [0.05, 0.1) is 18.1 Å². The first-order valence-corrected chi connectivity index (χ1v) is 6.11. The summed E-state index contributed by atoms with van der Waals surface area (Å²) in [6, 6.07) is 5.54. The SMILES string of the molecule is Cc1ccc(OCCCC(C)(C)C#N)c(C(=O)O)n1. The molecule has 1 heterocycles. The highest BCUT2D eigenvalue weighted by Gasteiger charge is 2.17. The topological polar surface area (TPSA) is 83.2 Å². The van der Waals surface area contributed by atoms with Crippen LogP contribution >= 0.6 is 0 Å². The number of rotatable bonds is 6. The summed E-state index contributed by atoms with van der Waals surface area (Å²) in [5, 5.41) is 17.9. The summed E-state index contributed by atoms with van der Waals surface area (Å²) in [6.45, 7) is 5.83. The van der Waals surface area contributed by atoms with E-state index in [2.05, 4.69) is 11.1 Å². The van der Waals surface area contributed by atoms with Crippen molar-refractivity contribution in [2.24, 2.45) is 5.41 Å². The molecule has 102 valence electrons. The Balaban J connectivity index is 2.59. The van der Waals surface area contributed by atoms with Gasteiger partial charge in [0.2, 0.25) is 0 Å². The van der Waals surface area contributed by atoms with Crippen molar-refractivity contribution >= 4 is 5.97 Å². The highest BCUT2D eigenvalue weighted by atomic mass is 16.5. The van der Waals surface area contributed by atoms with Crippen molar-refractivity contribution in [2.75, 3.05) is 6.61 Å². The summed E-state index contributed by atoms with van der Waals surface area (Å²) in [6.07, 6.45) is 1.39. The monoisotopic (exact) mass is 262 g/mol. The van der Waals surface area contributed by atoms with Crippen LogP contribution < -0.4 is 4.74 Å². The maximum Gasteiger partial charge on any atom is 0.358 e. The van der Waals surface area contributed by atoms with E-state index < -0.39 is 5.97 Å². The van der Waals surface area contributed by atoms with E-state index in [0.717, 1.165) is 0 Å². The van der Waals surface area contributed by atoms with Gasteiger partial charge in [0.25, 0.3) is 0 Å². The number of hydrogen-bond donors (Lipinski definition) is 1. The molecule has 0 saturated heterocycles. The van der Waals surface area contributed by atoms with Crippen molar-refractivity contribution in [3.05, 3.63) is 23.5 Å². The predicted molar refractivity (Wildman–Crippen MR) is 70.1 cm³/mol. The zero-order chi connectivity index (χ0) is 14.5. The van der Waals surface area contributed by atoms with Crippen LogP contribution in [0.2, 0.25) is 0 Å². The number of pyridine rings is 1. The molecule has 5 heteroatoms. The molecule has 0 amide bonds. The fourth-order valence-corrected chi connectivity index (χ4v) is 1.57. The average molecular weight is 262 g/mol. The second kappa shape index (κ2) is 6.19. The number of nitriles is 1. The quantitative estimate of drug-likeness (QED) is 0.797. The molecule has 0 aliphatic carbocycles. The first-order valence-electron chi connectivity index (χ1n) is 6.11. The number of aromatic carboxylic acids is 1. The van der Waals surface area contributed by atoms with E-state index >= 15 is 0 Å². The molecular weight excluding hydrogens is 244 g/mol. The van der Waals surface area contributed by atoms with Gasteiger partial charge in [0, 0.05) is 5.69 Å². The average Bonchev–Trinajstić information content (AvgIpc) is 2.36. The third-order valence-electron chi connectivity index (χ3n) is 2.71. The largest absolute Gasteiger partial charge is 0.491 e. The summed E-state index contributed by atoms with van der Waals surface area (Å²) in [5.74, 6) is -0.830. The van der Waals surface area contributed by atoms with Gasteiger partial charge < -0.3 is 9.84 Å². The van der Waals surface area contributed by atoms with Crippen molar-refractivity contribution < 1.29 is 14.6 Å². The van der Waals surface area contributed by atoms with Crippen molar-refractivity contribution in [1.82, 2.24) is 4.98 Å². The lowest BCUT2D eigenvalue weighted by Gasteiger charge is -2.15. The third-order valence-corrected chi connectivity index (χ3v) is 2.71. The minimum atomic E-state index is -1.10. The molecule has 0 bridgehead atoms. The zero-order valence-electron chi connectivity index (χ0n) is 11.4.